The molecule has 1 atom stereocenters. The number of aromatic nitrogens is 4. The van der Waals surface area contributed by atoms with E-state index in [1.54, 1.807) is 6.20 Å². The first-order valence-electron chi connectivity index (χ1n) is 7.15. The van der Waals surface area contributed by atoms with E-state index >= 15 is 0 Å². The molecule has 0 saturated carbocycles. The number of nitrogens with zero attached hydrogens (tertiary/aromatic N) is 2. The van der Waals surface area contributed by atoms with Crippen molar-refractivity contribution in [2.45, 2.75) is 12.8 Å². The molecular formula is C17H14N4O. The van der Waals surface area contributed by atoms with Crippen molar-refractivity contribution in [2.75, 3.05) is 0 Å². The Bertz CT molecular complexity index is 1020. The third kappa shape index (κ3) is 1.90. The summed E-state index contributed by atoms with van der Waals surface area (Å²) in [5.74, 6) is -0.0141. The fourth-order valence-corrected chi connectivity index (χ4v) is 2.83. The summed E-state index contributed by atoms with van der Waals surface area (Å²) in [6, 6.07) is 13.6. The Morgan fingerprint density at radius 1 is 1.00 bits per heavy atom. The predicted molar refractivity (Wildman–Crippen MR) is 86.0 cm³/mol. The van der Waals surface area contributed by atoms with Gasteiger partial charge >= 0.3 is 5.69 Å². The second-order valence-corrected chi connectivity index (χ2v) is 5.32. The molecule has 0 amide bonds. The van der Waals surface area contributed by atoms with Crippen LogP contribution in [-0.2, 0) is 0 Å². The molecule has 0 aliphatic heterocycles. The number of imidazole rings is 1. The third-order valence-electron chi connectivity index (χ3n) is 3.94. The van der Waals surface area contributed by atoms with E-state index < -0.39 is 0 Å². The number of aromatic amines is 2. The first-order valence-corrected chi connectivity index (χ1v) is 7.15. The molecule has 5 heteroatoms. The normalized spacial score (nSPS) is 12.8. The van der Waals surface area contributed by atoms with Crippen LogP contribution >= 0.6 is 0 Å². The van der Waals surface area contributed by atoms with E-state index in [4.69, 9.17) is 4.98 Å². The lowest BCUT2D eigenvalue weighted by Gasteiger charge is -2.12. The van der Waals surface area contributed by atoms with Crippen molar-refractivity contribution >= 4 is 21.9 Å². The quantitative estimate of drug-likeness (QED) is 0.596. The molecule has 0 bridgehead atoms. The van der Waals surface area contributed by atoms with Gasteiger partial charge in [0, 0.05) is 23.2 Å². The van der Waals surface area contributed by atoms with Gasteiger partial charge in [0.25, 0.3) is 0 Å². The summed E-state index contributed by atoms with van der Waals surface area (Å²) >= 11 is 0. The van der Waals surface area contributed by atoms with Gasteiger partial charge in [0.05, 0.1) is 22.2 Å². The molecule has 108 valence electrons. The fourth-order valence-electron chi connectivity index (χ4n) is 2.83. The molecule has 5 nitrogen and oxygen atoms in total. The number of pyridine rings is 2. The Balaban J connectivity index is 2.05. The molecule has 3 aromatic heterocycles. The molecule has 3 heterocycles. The molecule has 0 saturated heterocycles. The van der Waals surface area contributed by atoms with Gasteiger partial charge in [-0.1, -0.05) is 31.2 Å². The van der Waals surface area contributed by atoms with Gasteiger partial charge in [-0.25, -0.2) is 9.78 Å². The minimum Gasteiger partial charge on any atom is -0.305 e. The molecule has 4 rings (SSSR count). The van der Waals surface area contributed by atoms with Crippen molar-refractivity contribution in [1.82, 2.24) is 19.9 Å². The Hall–Kier alpha value is -2.95. The lowest BCUT2D eigenvalue weighted by atomic mass is 10.00. The van der Waals surface area contributed by atoms with E-state index in [2.05, 4.69) is 15.0 Å². The molecule has 2 N–H and O–H groups in total. The van der Waals surface area contributed by atoms with E-state index in [0.717, 1.165) is 33.3 Å². The number of para-hydroxylation sites is 1. The summed E-state index contributed by atoms with van der Waals surface area (Å²) in [5.41, 5.74) is 3.94. The van der Waals surface area contributed by atoms with Crippen LogP contribution in [-0.4, -0.2) is 19.9 Å². The minimum atomic E-state index is -0.220. The second kappa shape index (κ2) is 4.80. The van der Waals surface area contributed by atoms with Crippen molar-refractivity contribution in [3.63, 3.8) is 0 Å². The van der Waals surface area contributed by atoms with Crippen molar-refractivity contribution in [1.29, 1.82) is 0 Å². The summed E-state index contributed by atoms with van der Waals surface area (Å²) < 4.78 is 0. The van der Waals surface area contributed by atoms with Crippen molar-refractivity contribution < 1.29 is 0 Å². The third-order valence-corrected chi connectivity index (χ3v) is 3.94. The highest BCUT2D eigenvalue weighted by molar-refractivity contribution is 6.03. The van der Waals surface area contributed by atoms with Crippen LogP contribution in [0.5, 0.6) is 0 Å². The Kier molecular flexibility index (Phi) is 2.79. The van der Waals surface area contributed by atoms with E-state index in [1.165, 1.54) is 0 Å². The highest BCUT2D eigenvalue weighted by Gasteiger charge is 2.18. The monoisotopic (exact) mass is 290 g/mol. The van der Waals surface area contributed by atoms with Gasteiger partial charge in [-0.2, -0.15) is 0 Å². The second-order valence-electron chi connectivity index (χ2n) is 5.32. The maximum atomic E-state index is 11.8. The molecule has 0 unspecified atom stereocenters. The number of nitrogens with one attached hydrogen (secondary N) is 2. The first-order chi connectivity index (χ1) is 10.7. The highest BCUT2D eigenvalue weighted by atomic mass is 16.1. The molecule has 0 radical (unpaired) electrons. The molecule has 22 heavy (non-hydrogen) atoms. The number of hydrogen-bond acceptors (Lipinski definition) is 3. The molecule has 0 aliphatic carbocycles. The highest BCUT2D eigenvalue weighted by Crippen LogP contribution is 2.29. The maximum absolute atomic E-state index is 11.8. The molecule has 1 aromatic carbocycles. The SMILES string of the molecule is C[C@H](c1ccccn1)c1nc2ccccc2c2[nH]c(=O)[nH]c12. The van der Waals surface area contributed by atoms with Gasteiger partial charge in [-0.15, -0.1) is 0 Å². The molecule has 0 aliphatic rings. The van der Waals surface area contributed by atoms with E-state index in [-0.39, 0.29) is 11.6 Å². The zero-order chi connectivity index (χ0) is 15.1. The van der Waals surface area contributed by atoms with Crippen LogP contribution in [0.2, 0.25) is 0 Å². The van der Waals surface area contributed by atoms with Crippen LogP contribution in [0.4, 0.5) is 0 Å². The maximum Gasteiger partial charge on any atom is 0.323 e. The topological polar surface area (TPSA) is 74.4 Å². The van der Waals surface area contributed by atoms with Crippen molar-refractivity contribution in [2.24, 2.45) is 0 Å². The zero-order valence-corrected chi connectivity index (χ0v) is 12.0. The van der Waals surface area contributed by atoms with Gasteiger partial charge < -0.3 is 9.97 Å². The lowest BCUT2D eigenvalue weighted by molar-refractivity contribution is 0.845. The summed E-state index contributed by atoms with van der Waals surface area (Å²) in [4.78, 5) is 26.7. The van der Waals surface area contributed by atoms with E-state index in [1.807, 2.05) is 49.4 Å². The fraction of sp³-hybridized carbons (Fsp3) is 0.118. The summed E-state index contributed by atoms with van der Waals surface area (Å²) in [5, 5.41) is 0.938. The summed E-state index contributed by atoms with van der Waals surface area (Å²) in [6.07, 6.45) is 1.77. The predicted octanol–water partition coefficient (Wildman–Crippen LogP) is 2.95. The Morgan fingerprint density at radius 3 is 2.59 bits per heavy atom. The number of benzene rings is 1. The van der Waals surface area contributed by atoms with Crippen molar-refractivity contribution in [3.8, 4) is 0 Å². The first kappa shape index (κ1) is 12.8. The standard InChI is InChI=1S/C17H14N4O/c1-10(12-7-4-5-9-18-12)14-16-15(20-17(22)21-16)11-6-2-3-8-13(11)19-14/h2-10H,1H3,(H2,20,21,22)/t10-/m1/s1. The van der Waals surface area contributed by atoms with Gasteiger partial charge in [0.2, 0.25) is 0 Å². The zero-order valence-electron chi connectivity index (χ0n) is 12.0. The minimum absolute atomic E-state index is 0.0141. The average molecular weight is 290 g/mol. The van der Waals surface area contributed by atoms with Crippen LogP contribution in [0.1, 0.15) is 24.2 Å². The Morgan fingerprint density at radius 2 is 1.77 bits per heavy atom. The van der Waals surface area contributed by atoms with Crippen LogP contribution in [0, 0.1) is 0 Å². The van der Waals surface area contributed by atoms with E-state index in [0.29, 0.717) is 0 Å². The smallest absolute Gasteiger partial charge is 0.305 e. The molecule has 0 spiro atoms. The number of fused-ring (bicyclic) bond motifs is 3. The van der Waals surface area contributed by atoms with E-state index in [9.17, 15) is 4.79 Å². The van der Waals surface area contributed by atoms with Gasteiger partial charge in [-0.3, -0.25) is 4.98 Å². The van der Waals surface area contributed by atoms with Gasteiger partial charge in [0.1, 0.15) is 0 Å². The Labute approximate surface area is 126 Å². The number of H-pyrrole nitrogens is 2. The average Bonchev–Trinajstić information content (AvgIpc) is 2.96. The largest absolute Gasteiger partial charge is 0.323 e. The van der Waals surface area contributed by atoms with Crippen LogP contribution in [0.25, 0.3) is 21.9 Å². The van der Waals surface area contributed by atoms with Crippen molar-refractivity contribution in [3.05, 3.63) is 70.5 Å². The molecular weight excluding hydrogens is 276 g/mol. The lowest BCUT2D eigenvalue weighted by Crippen LogP contribution is -2.04. The summed E-state index contributed by atoms with van der Waals surface area (Å²) in [7, 11) is 0. The van der Waals surface area contributed by atoms with Crippen LogP contribution < -0.4 is 5.69 Å². The molecule has 4 aromatic rings. The molecule has 0 fully saturated rings. The summed E-state index contributed by atoms with van der Waals surface area (Å²) in [6.45, 7) is 2.05. The van der Waals surface area contributed by atoms with Gasteiger partial charge in [-0.05, 0) is 18.2 Å². The number of hydrogen-bond donors (Lipinski definition) is 2. The van der Waals surface area contributed by atoms with Crippen LogP contribution in [0.15, 0.2) is 53.5 Å². The van der Waals surface area contributed by atoms with Gasteiger partial charge in [0.15, 0.2) is 0 Å². The van der Waals surface area contributed by atoms with Crippen LogP contribution in [0.3, 0.4) is 0 Å². The number of rotatable bonds is 2.